The Morgan fingerprint density at radius 1 is 1.11 bits per heavy atom. The van der Waals surface area contributed by atoms with Crippen molar-refractivity contribution in [2.75, 3.05) is 32.3 Å². The van der Waals surface area contributed by atoms with Gasteiger partial charge < -0.3 is 24.4 Å². The van der Waals surface area contributed by atoms with Gasteiger partial charge in [0.25, 0.3) is 5.91 Å². The molecule has 1 aliphatic rings. The van der Waals surface area contributed by atoms with Crippen molar-refractivity contribution in [2.24, 2.45) is 0 Å². The number of para-hydroxylation sites is 1. The van der Waals surface area contributed by atoms with E-state index in [-0.39, 0.29) is 30.9 Å². The van der Waals surface area contributed by atoms with Gasteiger partial charge in [-0.1, -0.05) is 18.2 Å². The number of anilines is 1. The molecule has 7 heteroatoms. The van der Waals surface area contributed by atoms with Gasteiger partial charge in [0.15, 0.2) is 18.1 Å². The van der Waals surface area contributed by atoms with Crippen LogP contribution in [0.4, 0.5) is 5.69 Å². The van der Waals surface area contributed by atoms with Gasteiger partial charge in [0, 0.05) is 24.7 Å². The molecule has 1 aliphatic heterocycles. The van der Waals surface area contributed by atoms with Gasteiger partial charge in [-0.05, 0) is 24.3 Å². The number of carbonyl (C=O) groups excluding carboxylic acids is 2. The fraction of sp³-hybridized carbons (Fsp3) is 0.300. The van der Waals surface area contributed by atoms with Gasteiger partial charge in [0.2, 0.25) is 5.91 Å². The number of methoxy groups -OCH3 is 2. The third kappa shape index (κ3) is 4.49. The number of nitrogens with one attached hydrogen (secondary N) is 1. The molecule has 0 spiro atoms. The highest BCUT2D eigenvalue weighted by Gasteiger charge is 2.32. The van der Waals surface area contributed by atoms with E-state index in [9.17, 15) is 9.59 Å². The normalized spacial score (nSPS) is 16.1. The standard InChI is InChI=1S/C20H22N2O5/c1-25-17-9-8-15(11-18(17)26-2)22-12-14(10-20(22)24)21-19(23)13-27-16-6-4-3-5-7-16/h3-9,11,14H,10,12-13H2,1-2H3,(H,21,23). The van der Waals surface area contributed by atoms with E-state index in [4.69, 9.17) is 14.2 Å². The highest BCUT2D eigenvalue weighted by atomic mass is 16.5. The molecule has 2 aromatic rings. The summed E-state index contributed by atoms with van der Waals surface area (Å²) in [5, 5.41) is 2.85. The Kier molecular flexibility index (Phi) is 5.80. The average molecular weight is 370 g/mol. The van der Waals surface area contributed by atoms with Gasteiger partial charge in [-0.15, -0.1) is 0 Å². The zero-order valence-electron chi connectivity index (χ0n) is 15.3. The number of hydrogen-bond acceptors (Lipinski definition) is 5. The minimum Gasteiger partial charge on any atom is -0.493 e. The summed E-state index contributed by atoms with van der Waals surface area (Å²) in [5.74, 6) is 1.45. The van der Waals surface area contributed by atoms with Gasteiger partial charge in [0.05, 0.1) is 20.3 Å². The Morgan fingerprint density at radius 2 is 1.85 bits per heavy atom. The fourth-order valence-corrected chi connectivity index (χ4v) is 2.98. The maximum Gasteiger partial charge on any atom is 0.258 e. The van der Waals surface area contributed by atoms with E-state index in [1.807, 2.05) is 18.2 Å². The molecule has 7 nitrogen and oxygen atoms in total. The zero-order valence-corrected chi connectivity index (χ0v) is 15.3. The molecule has 0 radical (unpaired) electrons. The second-order valence-corrected chi connectivity index (χ2v) is 6.11. The largest absolute Gasteiger partial charge is 0.493 e. The van der Waals surface area contributed by atoms with E-state index in [2.05, 4.69) is 5.32 Å². The second kappa shape index (κ2) is 8.44. The molecule has 142 valence electrons. The molecule has 0 aliphatic carbocycles. The summed E-state index contributed by atoms with van der Waals surface area (Å²) in [6, 6.07) is 14.1. The van der Waals surface area contributed by atoms with Gasteiger partial charge in [-0.2, -0.15) is 0 Å². The van der Waals surface area contributed by atoms with Crippen LogP contribution >= 0.6 is 0 Å². The summed E-state index contributed by atoms with van der Waals surface area (Å²) in [6.07, 6.45) is 0.241. The molecule has 1 heterocycles. The smallest absolute Gasteiger partial charge is 0.258 e. The van der Waals surface area contributed by atoms with Gasteiger partial charge in [-0.25, -0.2) is 0 Å². The van der Waals surface area contributed by atoms with Crippen molar-refractivity contribution in [3.63, 3.8) is 0 Å². The number of rotatable bonds is 7. The fourth-order valence-electron chi connectivity index (χ4n) is 2.98. The Morgan fingerprint density at radius 3 is 2.56 bits per heavy atom. The number of carbonyl (C=O) groups is 2. The van der Waals surface area contributed by atoms with Crippen LogP contribution in [-0.4, -0.2) is 45.2 Å². The van der Waals surface area contributed by atoms with Crippen LogP contribution in [0.15, 0.2) is 48.5 Å². The first-order valence-corrected chi connectivity index (χ1v) is 8.60. The minimum atomic E-state index is -0.266. The third-order valence-electron chi connectivity index (χ3n) is 4.28. The van der Waals surface area contributed by atoms with Crippen LogP contribution in [-0.2, 0) is 9.59 Å². The lowest BCUT2D eigenvalue weighted by atomic mass is 10.2. The second-order valence-electron chi connectivity index (χ2n) is 6.11. The molecule has 3 rings (SSSR count). The minimum absolute atomic E-state index is 0.0588. The summed E-state index contributed by atoms with van der Waals surface area (Å²) in [6.45, 7) is 0.302. The van der Waals surface area contributed by atoms with Crippen molar-refractivity contribution in [3.05, 3.63) is 48.5 Å². The highest BCUT2D eigenvalue weighted by molar-refractivity contribution is 5.97. The molecule has 0 saturated carbocycles. The summed E-state index contributed by atoms with van der Waals surface area (Å²) >= 11 is 0. The monoisotopic (exact) mass is 370 g/mol. The van der Waals surface area contributed by atoms with E-state index in [0.717, 1.165) is 0 Å². The van der Waals surface area contributed by atoms with Gasteiger partial charge in [-0.3, -0.25) is 9.59 Å². The van der Waals surface area contributed by atoms with E-state index in [0.29, 0.717) is 29.5 Å². The molecular weight excluding hydrogens is 348 g/mol. The number of benzene rings is 2. The van der Waals surface area contributed by atoms with Crippen LogP contribution in [0.2, 0.25) is 0 Å². The first-order chi connectivity index (χ1) is 13.1. The maximum absolute atomic E-state index is 12.4. The van der Waals surface area contributed by atoms with Crippen molar-refractivity contribution in [2.45, 2.75) is 12.5 Å². The zero-order chi connectivity index (χ0) is 19.2. The van der Waals surface area contributed by atoms with Crippen molar-refractivity contribution < 1.29 is 23.8 Å². The molecule has 2 aromatic carbocycles. The van der Waals surface area contributed by atoms with Crippen LogP contribution < -0.4 is 24.4 Å². The molecule has 0 aromatic heterocycles. The SMILES string of the molecule is COc1ccc(N2CC(NC(=O)COc3ccccc3)CC2=O)cc1OC. The number of amides is 2. The molecule has 1 fully saturated rings. The maximum atomic E-state index is 12.4. The summed E-state index contributed by atoms with van der Waals surface area (Å²) in [5.41, 5.74) is 0.704. The topological polar surface area (TPSA) is 77.1 Å². The van der Waals surface area contributed by atoms with Crippen molar-refractivity contribution in [1.29, 1.82) is 0 Å². The lowest BCUT2D eigenvalue weighted by molar-refractivity contribution is -0.123. The van der Waals surface area contributed by atoms with Crippen molar-refractivity contribution in [1.82, 2.24) is 5.32 Å². The molecule has 1 N–H and O–H groups in total. The summed E-state index contributed by atoms with van der Waals surface area (Å²) in [4.78, 5) is 26.1. The summed E-state index contributed by atoms with van der Waals surface area (Å²) in [7, 11) is 3.10. The van der Waals surface area contributed by atoms with Crippen molar-refractivity contribution in [3.8, 4) is 17.2 Å². The van der Waals surface area contributed by atoms with Crippen LogP contribution in [0, 0.1) is 0 Å². The van der Waals surface area contributed by atoms with Gasteiger partial charge >= 0.3 is 0 Å². The van der Waals surface area contributed by atoms with E-state index in [1.54, 1.807) is 49.5 Å². The van der Waals surface area contributed by atoms with Crippen LogP contribution in [0.25, 0.3) is 0 Å². The van der Waals surface area contributed by atoms with Crippen molar-refractivity contribution >= 4 is 17.5 Å². The Labute approximate surface area is 157 Å². The summed E-state index contributed by atoms with van der Waals surface area (Å²) < 4.78 is 15.9. The molecule has 0 bridgehead atoms. The first-order valence-electron chi connectivity index (χ1n) is 8.60. The Bertz CT molecular complexity index is 809. The predicted octanol–water partition coefficient (Wildman–Crippen LogP) is 2.00. The van der Waals surface area contributed by atoms with E-state index >= 15 is 0 Å². The first kappa shape index (κ1) is 18.6. The third-order valence-corrected chi connectivity index (χ3v) is 4.28. The molecule has 1 saturated heterocycles. The molecular formula is C20H22N2O5. The molecule has 2 amide bonds. The van der Waals surface area contributed by atoms with E-state index < -0.39 is 0 Å². The molecule has 1 atom stereocenters. The molecule has 1 unspecified atom stereocenters. The van der Waals surface area contributed by atoms with E-state index in [1.165, 1.54) is 0 Å². The molecule has 27 heavy (non-hydrogen) atoms. The number of hydrogen-bond donors (Lipinski definition) is 1. The highest BCUT2D eigenvalue weighted by Crippen LogP contribution is 2.33. The lowest BCUT2D eigenvalue weighted by Gasteiger charge is -2.19. The Balaban J connectivity index is 1.58. The number of ether oxygens (including phenoxy) is 3. The predicted molar refractivity (Wildman–Crippen MR) is 100 cm³/mol. The quantitative estimate of drug-likeness (QED) is 0.807. The van der Waals surface area contributed by atoms with Crippen LogP contribution in [0.3, 0.4) is 0 Å². The average Bonchev–Trinajstić information content (AvgIpc) is 3.06. The van der Waals surface area contributed by atoms with Gasteiger partial charge in [0.1, 0.15) is 5.75 Å². The van der Waals surface area contributed by atoms with Crippen LogP contribution in [0.1, 0.15) is 6.42 Å². The Hall–Kier alpha value is -3.22. The van der Waals surface area contributed by atoms with Crippen LogP contribution in [0.5, 0.6) is 17.2 Å². The number of nitrogens with zero attached hydrogens (tertiary/aromatic N) is 1. The lowest BCUT2D eigenvalue weighted by Crippen LogP contribution is -2.39.